The molecule has 2 amide bonds. The third-order valence-corrected chi connectivity index (χ3v) is 4.19. The summed E-state index contributed by atoms with van der Waals surface area (Å²) in [7, 11) is 0. The fraction of sp³-hybridized carbons (Fsp3) is 0.150. The van der Waals surface area contributed by atoms with Crippen molar-refractivity contribution in [1.29, 1.82) is 0 Å². The van der Waals surface area contributed by atoms with Crippen molar-refractivity contribution in [2.24, 2.45) is 0 Å². The summed E-state index contributed by atoms with van der Waals surface area (Å²) in [5.41, 5.74) is 0.0990. The minimum atomic E-state index is -0.915. The molecular formula is C20H17F3N4O2. The number of hydrogen-bond acceptors (Lipinski definition) is 3. The third kappa shape index (κ3) is 4.45. The summed E-state index contributed by atoms with van der Waals surface area (Å²) in [5.74, 6) is -3.52. The monoisotopic (exact) mass is 402 g/mol. The first-order valence-corrected chi connectivity index (χ1v) is 8.72. The van der Waals surface area contributed by atoms with Crippen LogP contribution in [0, 0.1) is 17.5 Å². The van der Waals surface area contributed by atoms with E-state index < -0.39 is 41.5 Å². The van der Waals surface area contributed by atoms with E-state index in [1.165, 1.54) is 52.3 Å². The van der Waals surface area contributed by atoms with Crippen LogP contribution in [0.1, 0.15) is 17.4 Å². The molecule has 6 nitrogen and oxygen atoms in total. The molecule has 1 aromatic heterocycles. The van der Waals surface area contributed by atoms with Crippen LogP contribution in [0.15, 0.2) is 55.0 Å². The van der Waals surface area contributed by atoms with Gasteiger partial charge in [-0.25, -0.2) is 18.2 Å². The Labute approximate surface area is 164 Å². The number of carbonyl (C=O) groups is 2. The molecule has 3 aromatic rings. The van der Waals surface area contributed by atoms with E-state index in [0.717, 1.165) is 12.1 Å². The van der Waals surface area contributed by atoms with Crippen molar-refractivity contribution in [3.8, 4) is 5.69 Å². The number of rotatable bonds is 6. The Morgan fingerprint density at radius 3 is 2.34 bits per heavy atom. The zero-order valence-corrected chi connectivity index (χ0v) is 15.4. The van der Waals surface area contributed by atoms with Crippen molar-refractivity contribution in [3.63, 3.8) is 0 Å². The Morgan fingerprint density at radius 1 is 1.07 bits per heavy atom. The van der Waals surface area contributed by atoms with Crippen LogP contribution in [0.3, 0.4) is 0 Å². The molecule has 2 aromatic carbocycles. The largest absolute Gasteiger partial charge is 0.328 e. The van der Waals surface area contributed by atoms with Crippen molar-refractivity contribution in [1.82, 2.24) is 14.5 Å². The van der Waals surface area contributed by atoms with E-state index in [-0.39, 0.29) is 12.2 Å². The molecule has 1 N–H and O–H groups in total. The SMILES string of the molecule is CCN(CC(=O)Nc1c(F)cccc1F)C(=O)c1cncn1-c1ccc(F)cc1. The number of para-hydroxylation sites is 1. The van der Waals surface area contributed by atoms with Gasteiger partial charge in [-0.15, -0.1) is 0 Å². The van der Waals surface area contributed by atoms with Crippen LogP contribution in [0.4, 0.5) is 18.9 Å². The van der Waals surface area contributed by atoms with Crippen molar-refractivity contribution in [3.05, 3.63) is 78.1 Å². The molecule has 0 aliphatic heterocycles. The van der Waals surface area contributed by atoms with Crippen molar-refractivity contribution in [2.75, 3.05) is 18.4 Å². The topological polar surface area (TPSA) is 67.2 Å². The van der Waals surface area contributed by atoms with Crippen LogP contribution in [-0.4, -0.2) is 39.4 Å². The predicted molar refractivity (Wildman–Crippen MR) is 100 cm³/mol. The van der Waals surface area contributed by atoms with E-state index in [4.69, 9.17) is 0 Å². The smallest absolute Gasteiger partial charge is 0.272 e. The molecule has 0 fully saturated rings. The fourth-order valence-corrected chi connectivity index (χ4v) is 2.72. The average Bonchev–Trinajstić information content (AvgIpc) is 3.19. The number of anilines is 1. The number of nitrogens with one attached hydrogen (secondary N) is 1. The molecule has 0 spiro atoms. The lowest BCUT2D eigenvalue weighted by atomic mass is 10.2. The predicted octanol–water partition coefficient (Wildman–Crippen LogP) is 3.39. The lowest BCUT2D eigenvalue weighted by molar-refractivity contribution is -0.116. The zero-order valence-electron chi connectivity index (χ0n) is 15.4. The van der Waals surface area contributed by atoms with Gasteiger partial charge in [0.1, 0.15) is 35.4 Å². The molecule has 0 aliphatic rings. The molecule has 0 saturated heterocycles. The average molecular weight is 402 g/mol. The number of benzene rings is 2. The summed E-state index contributed by atoms with van der Waals surface area (Å²) in [5, 5.41) is 2.15. The van der Waals surface area contributed by atoms with Gasteiger partial charge in [0.2, 0.25) is 5.91 Å². The van der Waals surface area contributed by atoms with Gasteiger partial charge in [0, 0.05) is 12.2 Å². The molecule has 0 unspecified atom stereocenters. The van der Waals surface area contributed by atoms with Gasteiger partial charge in [-0.1, -0.05) is 6.07 Å². The molecule has 0 radical (unpaired) electrons. The second-order valence-electron chi connectivity index (χ2n) is 6.09. The summed E-state index contributed by atoms with van der Waals surface area (Å²) in [6.45, 7) is 1.41. The van der Waals surface area contributed by atoms with Crippen LogP contribution in [-0.2, 0) is 4.79 Å². The fourth-order valence-electron chi connectivity index (χ4n) is 2.72. The van der Waals surface area contributed by atoms with Crippen molar-refractivity contribution < 1.29 is 22.8 Å². The lowest BCUT2D eigenvalue weighted by Gasteiger charge is -2.21. The van der Waals surface area contributed by atoms with Gasteiger partial charge in [-0.3, -0.25) is 14.2 Å². The maximum Gasteiger partial charge on any atom is 0.272 e. The first-order chi connectivity index (χ1) is 13.9. The van der Waals surface area contributed by atoms with Crippen LogP contribution >= 0.6 is 0 Å². The van der Waals surface area contributed by atoms with Gasteiger partial charge >= 0.3 is 0 Å². The number of hydrogen-bond donors (Lipinski definition) is 1. The number of amides is 2. The molecule has 0 atom stereocenters. The highest BCUT2D eigenvalue weighted by atomic mass is 19.1. The molecule has 0 bridgehead atoms. The van der Waals surface area contributed by atoms with Crippen molar-refractivity contribution >= 4 is 17.5 Å². The standard InChI is InChI=1S/C20H17F3N4O2/c1-2-26(11-18(28)25-19-15(22)4-3-5-16(19)23)20(29)17-10-24-12-27(17)14-8-6-13(21)7-9-14/h3-10,12H,2,11H2,1H3,(H,25,28). The summed E-state index contributed by atoms with van der Waals surface area (Å²) in [4.78, 5) is 30.3. The first-order valence-electron chi connectivity index (χ1n) is 8.72. The third-order valence-electron chi connectivity index (χ3n) is 4.19. The number of nitrogens with zero attached hydrogens (tertiary/aromatic N) is 3. The van der Waals surface area contributed by atoms with Gasteiger partial charge in [0.15, 0.2) is 0 Å². The Morgan fingerprint density at radius 2 is 1.72 bits per heavy atom. The van der Waals surface area contributed by atoms with E-state index >= 15 is 0 Å². The van der Waals surface area contributed by atoms with Crippen LogP contribution < -0.4 is 5.32 Å². The molecule has 9 heteroatoms. The Balaban J connectivity index is 1.77. The summed E-state index contributed by atoms with van der Waals surface area (Å²) >= 11 is 0. The molecule has 0 aliphatic carbocycles. The Hall–Kier alpha value is -3.62. The quantitative estimate of drug-likeness (QED) is 0.687. The number of aromatic nitrogens is 2. The first kappa shape index (κ1) is 20.1. The Kier molecular flexibility index (Phi) is 5.96. The Bertz CT molecular complexity index is 1010. The van der Waals surface area contributed by atoms with E-state index in [1.807, 2.05) is 0 Å². The van der Waals surface area contributed by atoms with E-state index in [9.17, 15) is 22.8 Å². The maximum absolute atomic E-state index is 13.7. The second kappa shape index (κ2) is 8.59. The summed E-state index contributed by atoms with van der Waals surface area (Å²) < 4.78 is 42.0. The zero-order chi connectivity index (χ0) is 21.0. The maximum atomic E-state index is 13.7. The normalized spacial score (nSPS) is 10.6. The molecule has 1 heterocycles. The van der Waals surface area contributed by atoms with Gasteiger partial charge in [-0.2, -0.15) is 0 Å². The van der Waals surface area contributed by atoms with Gasteiger partial charge in [0.25, 0.3) is 5.91 Å². The lowest BCUT2D eigenvalue weighted by Crippen LogP contribution is -2.38. The number of carbonyl (C=O) groups excluding carboxylic acids is 2. The van der Waals surface area contributed by atoms with Crippen molar-refractivity contribution in [2.45, 2.75) is 6.92 Å². The number of halogens is 3. The second-order valence-corrected chi connectivity index (χ2v) is 6.09. The van der Waals surface area contributed by atoms with E-state index in [2.05, 4.69) is 10.3 Å². The van der Waals surface area contributed by atoms with Crippen LogP contribution in [0.5, 0.6) is 0 Å². The molecule has 3 rings (SSSR count). The molecule has 150 valence electrons. The minimum absolute atomic E-state index is 0.156. The number of imidazole rings is 1. The molecule has 29 heavy (non-hydrogen) atoms. The highest BCUT2D eigenvalue weighted by Crippen LogP contribution is 2.18. The van der Waals surface area contributed by atoms with Crippen LogP contribution in [0.25, 0.3) is 5.69 Å². The van der Waals surface area contributed by atoms with E-state index in [0.29, 0.717) is 5.69 Å². The highest BCUT2D eigenvalue weighted by molar-refractivity contribution is 5.98. The van der Waals surface area contributed by atoms with Gasteiger partial charge < -0.3 is 10.2 Å². The number of likely N-dealkylation sites (N-methyl/N-ethyl adjacent to an activating group) is 1. The van der Waals surface area contributed by atoms with Gasteiger partial charge in [-0.05, 0) is 43.3 Å². The molecular weight excluding hydrogens is 385 g/mol. The van der Waals surface area contributed by atoms with E-state index in [1.54, 1.807) is 6.92 Å². The minimum Gasteiger partial charge on any atom is -0.328 e. The highest BCUT2D eigenvalue weighted by Gasteiger charge is 2.22. The summed E-state index contributed by atoms with van der Waals surface area (Å²) in [6.07, 6.45) is 2.71. The van der Waals surface area contributed by atoms with Crippen LogP contribution in [0.2, 0.25) is 0 Å². The molecule has 0 saturated carbocycles. The van der Waals surface area contributed by atoms with Gasteiger partial charge in [0.05, 0.1) is 12.5 Å². The summed E-state index contributed by atoms with van der Waals surface area (Å²) in [6, 6.07) is 8.68.